The molecular weight excluding hydrogens is 352 g/mol. The minimum absolute atomic E-state index is 0.0865. The number of amides is 1. The fourth-order valence-electron chi connectivity index (χ4n) is 1.62. The largest absolute Gasteiger partial charge is 0.348 e. The lowest BCUT2D eigenvalue weighted by atomic mass is 10.2. The topological polar surface area (TPSA) is 29.1 Å². The van der Waals surface area contributed by atoms with Crippen molar-refractivity contribution < 1.29 is 13.6 Å². The minimum atomic E-state index is -0.568. The second-order valence-corrected chi connectivity index (χ2v) is 5.33. The lowest BCUT2D eigenvalue weighted by molar-refractivity contribution is 0.0950. The third kappa shape index (κ3) is 3.55. The van der Waals surface area contributed by atoms with Crippen molar-refractivity contribution >= 4 is 33.4 Å². The van der Waals surface area contributed by atoms with Crippen molar-refractivity contribution in [3.8, 4) is 0 Å². The summed E-state index contributed by atoms with van der Waals surface area (Å²) in [5.74, 6) is -1.53. The zero-order chi connectivity index (χ0) is 14.7. The van der Waals surface area contributed by atoms with Crippen LogP contribution in [0, 0.1) is 11.6 Å². The third-order valence-electron chi connectivity index (χ3n) is 2.62. The van der Waals surface area contributed by atoms with E-state index in [1.807, 2.05) is 0 Å². The number of carbonyl (C=O) groups is 1. The summed E-state index contributed by atoms with van der Waals surface area (Å²) in [6.07, 6.45) is 0. The SMILES string of the molecule is O=C(NCc1cc(F)ccc1F)c1ccc(Cl)cc1Br. The van der Waals surface area contributed by atoms with Crippen LogP contribution in [-0.4, -0.2) is 5.91 Å². The van der Waals surface area contributed by atoms with Crippen LogP contribution in [0.1, 0.15) is 15.9 Å². The molecule has 0 unspecified atom stereocenters. The summed E-state index contributed by atoms with van der Waals surface area (Å²) >= 11 is 9.00. The molecule has 0 saturated heterocycles. The molecule has 2 aromatic carbocycles. The lowest BCUT2D eigenvalue weighted by Crippen LogP contribution is -2.23. The standard InChI is InChI=1S/C14H9BrClF2NO/c15-12-6-9(16)1-3-11(12)14(20)19-7-8-5-10(17)2-4-13(8)18/h1-6H,7H2,(H,19,20). The molecule has 1 N–H and O–H groups in total. The molecule has 0 aliphatic rings. The van der Waals surface area contributed by atoms with Crippen molar-refractivity contribution in [3.63, 3.8) is 0 Å². The maximum absolute atomic E-state index is 13.4. The van der Waals surface area contributed by atoms with E-state index in [1.54, 1.807) is 18.2 Å². The average molecular weight is 361 g/mol. The molecule has 6 heteroatoms. The van der Waals surface area contributed by atoms with Crippen molar-refractivity contribution in [2.75, 3.05) is 0 Å². The van der Waals surface area contributed by atoms with Gasteiger partial charge in [-0.1, -0.05) is 11.6 Å². The summed E-state index contributed by atoms with van der Waals surface area (Å²) in [7, 11) is 0. The molecule has 0 heterocycles. The van der Waals surface area contributed by atoms with Crippen LogP contribution in [-0.2, 0) is 6.54 Å². The molecule has 0 aliphatic heterocycles. The van der Waals surface area contributed by atoms with Crippen LogP contribution in [0.5, 0.6) is 0 Å². The number of halogens is 4. The van der Waals surface area contributed by atoms with E-state index in [2.05, 4.69) is 21.2 Å². The van der Waals surface area contributed by atoms with Gasteiger partial charge in [0, 0.05) is 21.6 Å². The average Bonchev–Trinajstić information content (AvgIpc) is 2.39. The smallest absolute Gasteiger partial charge is 0.252 e. The molecule has 0 aromatic heterocycles. The number of carbonyl (C=O) groups excluding carboxylic acids is 1. The highest BCUT2D eigenvalue weighted by Gasteiger charge is 2.11. The van der Waals surface area contributed by atoms with Crippen LogP contribution in [0.15, 0.2) is 40.9 Å². The third-order valence-corrected chi connectivity index (χ3v) is 3.51. The van der Waals surface area contributed by atoms with Crippen molar-refractivity contribution in [2.45, 2.75) is 6.54 Å². The molecule has 2 rings (SSSR count). The maximum atomic E-state index is 13.4. The summed E-state index contributed by atoms with van der Waals surface area (Å²) in [5.41, 5.74) is 0.453. The molecule has 1 amide bonds. The molecule has 2 aromatic rings. The number of nitrogens with one attached hydrogen (secondary N) is 1. The Labute approximate surface area is 127 Å². The van der Waals surface area contributed by atoms with Gasteiger partial charge in [0.25, 0.3) is 5.91 Å². The second kappa shape index (κ2) is 6.33. The Hall–Kier alpha value is -1.46. The monoisotopic (exact) mass is 359 g/mol. The molecule has 0 bridgehead atoms. The van der Waals surface area contributed by atoms with E-state index in [4.69, 9.17) is 11.6 Å². The zero-order valence-electron chi connectivity index (χ0n) is 10.1. The molecule has 0 atom stereocenters. The molecule has 0 radical (unpaired) electrons. The number of hydrogen-bond donors (Lipinski definition) is 1. The number of rotatable bonds is 3. The summed E-state index contributed by atoms with van der Waals surface area (Å²) in [6.45, 7) is -0.0997. The van der Waals surface area contributed by atoms with Gasteiger partial charge in [-0.3, -0.25) is 4.79 Å². The Morgan fingerprint density at radius 3 is 2.65 bits per heavy atom. The minimum Gasteiger partial charge on any atom is -0.348 e. The van der Waals surface area contributed by atoms with Crippen molar-refractivity contribution in [1.29, 1.82) is 0 Å². The molecule has 0 fully saturated rings. The first-order valence-corrected chi connectivity index (χ1v) is 6.81. The Morgan fingerprint density at radius 2 is 1.95 bits per heavy atom. The first-order valence-electron chi connectivity index (χ1n) is 5.64. The van der Waals surface area contributed by atoms with E-state index in [0.29, 0.717) is 15.1 Å². The van der Waals surface area contributed by atoms with E-state index < -0.39 is 17.5 Å². The van der Waals surface area contributed by atoms with Gasteiger partial charge in [-0.15, -0.1) is 0 Å². The summed E-state index contributed by atoms with van der Waals surface area (Å²) in [6, 6.07) is 7.80. The van der Waals surface area contributed by atoms with Crippen LogP contribution in [0.25, 0.3) is 0 Å². The van der Waals surface area contributed by atoms with Gasteiger partial charge in [-0.25, -0.2) is 8.78 Å². The van der Waals surface area contributed by atoms with Crippen molar-refractivity contribution in [1.82, 2.24) is 5.32 Å². The van der Waals surface area contributed by atoms with Gasteiger partial charge in [0.1, 0.15) is 11.6 Å². The maximum Gasteiger partial charge on any atom is 0.252 e. The van der Waals surface area contributed by atoms with Crippen LogP contribution in [0.3, 0.4) is 0 Å². The van der Waals surface area contributed by atoms with E-state index in [9.17, 15) is 13.6 Å². The van der Waals surface area contributed by atoms with Gasteiger partial charge in [0.2, 0.25) is 0 Å². The highest BCUT2D eigenvalue weighted by molar-refractivity contribution is 9.10. The highest BCUT2D eigenvalue weighted by Crippen LogP contribution is 2.21. The van der Waals surface area contributed by atoms with Gasteiger partial charge in [-0.05, 0) is 52.3 Å². The Kier molecular flexibility index (Phi) is 4.73. The van der Waals surface area contributed by atoms with Crippen LogP contribution in [0.4, 0.5) is 8.78 Å². The van der Waals surface area contributed by atoms with E-state index in [-0.39, 0.29) is 12.1 Å². The predicted octanol–water partition coefficient (Wildman–Crippen LogP) is 4.31. The Morgan fingerprint density at radius 1 is 1.20 bits per heavy atom. The van der Waals surface area contributed by atoms with Crippen LogP contribution < -0.4 is 5.32 Å². The van der Waals surface area contributed by atoms with E-state index >= 15 is 0 Å². The van der Waals surface area contributed by atoms with Gasteiger partial charge in [-0.2, -0.15) is 0 Å². The summed E-state index contributed by atoms with van der Waals surface area (Å²) in [4.78, 5) is 11.9. The molecule has 0 aliphatic carbocycles. The number of hydrogen-bond acceptors (Lipinski definition) is 1. The summed E-state index contributed by atoms with van der Waals surface area (Å²) in [5, 5.41) is 3.02. The van der Waals surface area contributed by atoms with Crippen LogP contribution in [0.2, 0.25) is 5.02 Å². The van der Waals surface area contributed by atoms with Gasteiger partial charge in [0.15, 0.2) is 0 Å². The highest BCUT2D eigenvalue weighted by atomic mass is 79.9. The lowest BCUT2D eigenvalue weighted by Gasteiger charge is -2.08. The number of benzene rings is 2. The van der Waals surface area contributed by atoms with Crippen LogP contribution >= 0.6 is 27.5 Å². The first kappa shape index (κ1) is 14.9. The van der Waals surface area contributed by atoms with Gasteiger partial charge in [0.05, 0.1) is 5.56 Å². The molecule has 2 nitrogen and oxygen atoms in total. The normalized spacial score (nSPS) is 10.4. The fourth-order valence-corrected chi connectivity index (χ4v) is 2.49. The first-order chi connectivity index (χ1) is 9.47. The fraction of sp³-hybridized carbons (Fsp3) is 0.0714. The van der Waals surface area contributed by atoms with E-state index in [0.717, 1.165) is 18.2 Å². The van der Waals surface area contributed by atoms with Gasteiger partial charge >= 0.3 is 0 Å². The van der Waals surface area contributed by atoms with E-state index in [1.165, 1.54) is 0 Å². The van der Waals surface area contributed by atoms with Crippen molar-refractivity contribution in [3.05, 3.63) is 68.7 Å². The molecular formula is C14H9BrClF2NO. The molecule has 104 valence electrons. The molecule has 0 saturated carbocycles. The Balaban J connectivity index is 2.10. The Bertz CT molecular complexity index is 664. The summed E-state index contributed by atoms with van der Waals surface area (Å²) < 4.78 is 26.9. The predicted molar refractivity (Wildman–Crippen MR) is 76.7 cm³/mol. The second-order valence-electron chi connectivity index (χ2n) is 4.04. The molecule has 20 heavy (non-hydrogen) atoms. The molecule has 0 spiro atoms. The zero-order valence-corrected chi connectivity index (χ0v) is 12.4. The van der Waals surface area contributed by atoms with Gasteiger partial charge < -0.3 is 5.32 Å². The van der Waals surface area contributed by atoms with Crippen molar-refractivity contribution in [2.24, 2.45) is 0 Å². The quantitative estimate of drug-likeness (QED) is 0.868.